The van der Waals surface area contributed by atoms with Gasteiger partial charge in [-0.25, -0.2) is 0 Å². The topological polar surface area (TPSA) is 51.2 Å². The lowest BCUT2D eigenvalue weighted by molar-refractivity contribution is -0.106. The van der Waals surface area contributed by atoms with Gasteiger partial charge in [-0.3, -0.25) is 9.00 Å². The van der Waals surface area contributed by atoms with Crippen molar-refractivity contribution >= 4 is 33.6 Å². The summed E-state index contributed by atoms with van der Waals surface area (Å²) in [6.07, 6.45) is 0.475. The number of fused-ring (bicyclic) bond motifs is 2. The molecule has 2 aromatic carbocycles. The van der Waals surface area contributed by atoms with Crippen LogP contribution in [0.4, 0.5) is 0 Å². The highest BCUT2D eigenvalue weighted by molar-refractivity contribution is 7.88. The third-order valence-corrected chi connectivity index (χ3v) is 4.50. The number of Topliss-reactive ketones (excluding diaryl/α,β-unsaturated/α-hetero) is 1. The van der Waals surface area contributed by atoms with Gasteiger partial charge in [0.25, 0.3) is 0 Å². The van der Waals surface area contributed by atoms with Crippen molar-refractivity contribution in [3.05, 3.63) is 42.0 Å². The summed E-state index contributed by atoms with van der Waals surface area (Å²) in [7, 11) is -1.54. The number of ketones is 1. The molecule has 1 heterocycles. The molecule has 0 aliphatic carbocycles. The van der Waals surface area contributed by atoms with E-state index in [1.165, 1.54) is 0 Å². The highest BCUT2D eigenvalue weighted by atomic mass is 32.2. The van der Waals surface area contributed by atoms with E-state index in [2.05, 4.69) is 0 Å². The first-order valence-electron chi connectivity index (χ1n) is 5.15. The van der Waals surface area contributed by atoms with Crippen LogP contribution >= 0.6 is 0 Å². The quantitative estimate of drug-likeness (QED) is 0.567. The third-order valence-electron chi connectivity index (χ3n) is 2.94. The summed E-state index contributed by atoms with van der Waals surface area (Å²) in [5.74, 6) is -0.334. The molecule has 0 amide bonds. The van der Waals surface area contributed by atoms with Crippen LogP contribution in [0.2, 0.25) is 0 Å². The van der Waals surface area contributed by atoms with Gasteiger partial charge >= 0.3 is 0 Å². The van der Waals surface area contributed by atoms with Crippen LogP contribution < -0.4 is 0 Å². The van der Waals surface area contributed by atoms with Crippen molar-refractivity contribution in [2.75, 3.05) is 0 Å². The smallest absolute Gasteiger partial charge is 0.187 e. The Morgan fingerprint density at radius 3 is 2.41 bits per heavy atom. The molecular formula is C13H8O3S. The summed E-state index contributed by atoms with van der Waals surface area (Å²) in [5.41, 5.74) is 0.416. The monoisotopic (exact) mass is 244 g/mol. The second kappa shape index (κ2) is 3.60. The summed E-state index contributed by atoms with van der Waals surface area (Å²) in [5, 5.41) is 0.823. The fourth-order valence-electron chi connectivity index (χ4n) is 2.08. The molecule has 1 aliphatic rings. The largest absolute Gasteiger partial charge is 0.302 e. The van der Waals surface area contributed by atoms with Crippen molar-refractivity contribution in [3.63, 3.8) is 0 Å². The molecule has 0 saturated heterocycles. The first-order chi connectivity index (χ1) is 8.22. The molecule has 4 heteroatoms. The summed E-state index contributed by atoms with van der Waals surface area (Å²) in [6, 6.07) is 11.0. The van der Waals surface area contributed by atoms with Crippen LogP contribution in [0.1, 0.15) is 10.4 Å². The Kier molecular flexibility index (Phi) is 2.19. The molecule has 2 aromatic rings. The van der Waals surface area contributed by atoms with Gasteiger partial charge in [-0.1, -0.05) is 24.3 Å². The number of carbonyl (C=O) groups excluding carboxylic acids is 2. The van der Waals surface area contributed by atoms with E-state index in [0.29, 0.717) is 16.7 Å². The Morgan fingerprint density at radius 2 is 1.76 bits per heavy atom. The Balaban J connectivity index is 2.33. The van der Waals surface area contributed by atoms with E-state index >= 15 is 0 Å². The summed E-state index contributed by atoms with van der Waals surface area (Å²) < 4.78 is 11.9. The van der Waals surface area contributed by atoms with E-state index in [9.17, 15) is 13.8 Å². The minimum atomic E-state index is -1.54. The van der Waals surface area contributed by atoms with E-state index in [0.717, 1.165) is 10.8 Å². The first kappa shape index (κ1) is 10.4. The van der Waals surface area contributed by atoms with Crippen LogP contribution in [0.5, 0.6) is 0 Å². The van der Waals surface area contributed by atoms with Gasteiger partial charge in [0.2, 0.25) is 0 Å². The van der Waals surface area contributed by atoms with Gasteiger partial charge in [-0.15, -0.1) is 0 Å². The second-order valence-corrected chi connectivity index (χ2v) is 5.46. The van der Waals surface area contributed by atoms with E-state index in [4.69, 9.17) is 0 Å². The fraction of sp³-hybridized carbons (Fsp3) is 0.0769. The zero-order valence-corrected chi connectivity index (χ0v) is 9.57. The van der Waals surface area contributed by atoms with Gasteiger partial charge in [0.15, 0.2) is 11.0 Å². The summed E-state index contributed by atoms with van der Waals surface area (Å²) >= 11 is 0. The van der Waals surface area contributed by atoms with Gasteiger partial charge in [0.05, 0.1) is 15.7 Å². The number of hydrogen-bond donors (Lipinski definition) is 0. The minimum Gasteiger partial charge on any atom is -0.302 e. The lowest BCUT2D eigenvalue weighted by Crippen LogP contribution is -2.19. The number of carbonyl (C=O) groups is 2. The lowest BCUT2D eigenvalue weighted by Gasteiger charge is -2.00. The van der Waals surface area contributed by atoms with E-state index in [1.807, 2.05) is 24.3 Å². The standard InChI is InChI=1S/C13H8O3S/c14-7-12-13(15)10-5-8-3-1-2-4-9(8)6-11(10)17(12)16/h1-7,12H. The Hall–Kier alpha value is -1.81. The molecule has 0 saturated carbocycles. The molecule has 0 spiro atoms. The van der Waals surface area contributed by atoms with Gasteiger partial charge in [0, 0.05) is 5.56 Å². The number of hydrogen-bond acceptors (Lipinski definition) is 3. The molecule has 0 fully saturated rings. The number of aldehydes is 1. The second-order valence-electron chi connectivity index (χ2n) is 3.91. The molecule has 0 aromatic heterocycles. The fourth-order valence-corrected chi connectivity index (χ4v) is 3.39. The van der Waals surface area contributed by atoms with Crippen LogP contribution in [0.25, 0.3) is 10.8 Å². The average molecular weight is 244 g/mol. The predicted molar refractivity (Wildman–Crippen MR) is 64.5 cm³/mol. The van der Waals surface area contributed by atoms with Crippen molar-refractivity contribution in [2.45, 2.75) is 10.1 Å². The maximum Gasteiger partial charge on any atom is 0.187 e. The third kappa shape index (κ3) is 1.37. The molecule has 3 rings (SSSR count). The van der Waals surface area contributed by atoms with Crippen LogP contribution in [0.3, 0.4) is 0 Å². The van der Waals surface area contributed by atoms with E-state index in [1.54, 1.807) is 12.1 Å². The van der Waals surface area contributed by atoms with Gasteiger partial charge < -0.3 is 4.79 Å². The maximum absolute atomic E-state index is 11.9. The Bertz CT molecular complexity index is 621. The molecule has 2 atom stereocenters. The molecule has 84 valence electrons. The van der Waals surface area contributed by atoms with Crippen molar-refractivity contribution in [2.24, 2.45) is 0 Å². The van der Waals surface area contributed by atoms with Crippen molar-refractivity contribution < 1.29 is 13.8 Å². The van der Waals surface area contributed by atoms with E-state index < -0.39 is 16.0 Å². The van der Waals surface area contributed by atoms with Crippen LogP contribution in [0.15, 0.2) is 41.3 Å². The summed E-state index contributed by atoms with van der Waals surface area (Å²) in [4.78, 5) is 23.1. The number of rotatable bonds is 1. The number of benzene rings is 2. The first-order valence-corrected chi connectivity index (χ1v) is 6.36. The molecule has 0 bridgehead atoms. The Labute approximate surface area is 99.9 Å². The minimum absolute atomic E-state index is 0.334. The molecule has 0 N–H and O–H groups in total. The van der Waals surface area contributed by atoms with Crippen LogP contribution in [-0.4, -0.2) is 21.5 Å². The van der Waals surface area contributed by atoms with E-state index in [-0.39, 0.29) is 5.78 Å². The SMILES string of the molecule is O=CC1C(=O)c2cc3ccccc3cc2S1=O. The van der Waals surface area contributed by atoms with Crippen LogP contribution in [-0.2, 0) is 15.6 Å². The zero-order chi connectivity index (χ0) is 12.0. The highest BCUT2D eigenvalue weighted by Crippen LogP contribution is 2.31. The molecule has 2 unspecified atom stereocenters. The summed E-state index contributed by atoms with van der Waals surface area (Å²) in [6.45, 7) is 0. The molecule has 1 aliphatic heterocycles. The van der Waals surface area contributed by atoms with Crippen molar-refractivity contribution in [1.82, 2.24) is 0 Å². The van der Waals surface area contributed by atoms with Gasteiger partial charge in [-0.2, -0.15) is 0 Å². The molecular weight excluding hydrogens is 236 g/mol. The predicted octanol–water partition coefficient (Wildman–Crippen LogP) is 1.71. The average Bonchev–Trinajstić information content (AvgIpc) is 2.59. The maximum atomic E-state index is 11.9. The molecule has 17 heavy (non-hydrogen) atoms. The van der Waals surface area contributed by atoms with Crippen molar-refractivity contribution in [1.29, 1.82) is 0 Å². The molecule has 3 nitrogen and oxygen atoms in total. The normalized spacial score (nSPS) is 22.7. The van der Waals surface area contributed by atoms with Gasteiger partial charge in [-0.05, 0) is 22.9 Å². The lowest BCUT2D eigenvalue weighted by atomic mass is 10.0. The molecule has 0 radical (unpaired) electrons. The highest BCUT2D eigenvalue weighted by Gasteiger charge is 2.37. The zero-order valence-electron chi connectivity index (χ0n) is 8.75. The van der Waals surface area contributed by atoms with Crippen molar-refractivity contribution in [3.8, 4) is 0 Å². The Morgan fingerprint density at radius 1 is 1.12 bits per heavy atom. The van der Waals surface area contributed by atoms with Gasteiger partial charge in [0.1, 0.15) is 6.29 Å². The van der Waals surface area contributed by atoms with Crippen LogP contribution in [0, 0.1) is 0 Å².